The number of phenols is 2. The zero-order chi connectivity index (χ0) is 15.0. The van der Waals surface area contributed by atoms with Crippen LogP contribution >= 0.6 is 11.6 Å². The molecular formula is C15H12ClN3O2. The third-order valence-electron chi connectivity index (χ3n) is 3.09. The van der Waals surface area contributed by atoms with Gasteiger partial charge in [0.2, 0.25) is 0 Å². The van der Waals surface area contributed by atoms with Crippen LogP contribution in [0.1, 0.15) is 11.4 Å². The summed E-state index contributed by atoms with van der Waals surface area (Å²) in [7, 11) is 0. The number of rotatable bonds is 2. The molecule has 0 radical (unpaired) electrons. The first-order valence-corrected chi connectivity index (χ1v) is 6.64. The van der Waals surface area contributed by atoms with Gasteiger partial charge in [0.25, 0.3) is 0 Å². The van der Waals surface area contributed by atoms with E-state index in [0.717, 1.165) is 16.9 Å². The summed E-state index contributed by atoms with van der Waals surface area (Å²) < 4.78 is 1.70. The maximum Gasteiger partial charge on any atom is 0.176 e. The van der Waals surface area contributed by atoms with E-state index in [1.165, 1.54) is 12.1 Å². The SMILES string of the molecule is Cc1nc2ccccc2n1/N=C/c1cc(O)c(O)c(Cl)c1. The molecule has 3 rings (SSSR count). The zero-order valence-corrected chi connectivity index (χ0v) is 11.9. The Labute approximate surface area is 125 Å². The van der Waals surface area contributed by atoms with Crippen molar-refractivity contribution in [2.75, 3.05) is 0 Å². The van der Waals surface area contributed by atoms with Crippen molar-refractivity contribution < 1.29 is 10.2 Å². The number of hydrogen-bond donors (Lipinski definition) is 2. The summed E-state index contributed by atoms with van der Waals surface area (Å²) in [6, 6.07) is 10.6. The largest absolute Gasteiger partial charge is 0.504 e. The van der Waals surface area contributed by atoms with Crippen LogP contribution in [-0.2, 0) is 0 Å². The summed E-state index contributed by atoms with van der Waals surface area (Å²) in [6.07, 6.45) is 1.55. The smallest absolute Gasteiger partial charge is 0.176 e. The number of aromatic hydroxyl groups is 2. The highest BCUT2D eigenvalue weighted by atomic mass is 35.5. The minimum atomic E-state index is -0.335. The predicted molar refractivity (Wildman–Crippen MR) is 82.2 cm³/mol. The molecule has 0 atom stereocenters. The predicted octanol–water partition coefficient (Wildman–Crippen LogP) is 3.29. The van der Waals surface area contributed by atoms with E-state index in [4.69, 9.17) is 11.6 Å². The molecule has 0 aliphatic carbocycles. The number of fused-ring (bicyclic) bond motifs is 1. The number of nitrogens with zero attached hydrogens (tertiary/aromatic N) is 3. The van der Waals surface area contributed by atoms with Crippen molar-refractivity contribution in [3.63, 3.8) is 0 Å². The van der Waals surface area contributed by atoms with Crippen molar-refractivity contribution >= 4 is 28.8 Å². The molecule has 0 spiro atoms. The van der Waals surface area contributed by atoms with Crippen LogP contribution in [0.15, 0.2) is 41.5 Å². The molecule has 0 amide bonds. The molecule has 0 aliphatic heterocycles. The number of aromatic nitrogens is 2. The molecule has 0 saturated heterocycles. The van der Waals surface area contributed by atoms with E-state index in [2.05, 4.69) is 10.1 Å². The van der Waals surface area contributed by atoms with Gasteiger partial charge in [0.05, 0.1) is 22.3 Å². The zero-order valence-electron chi connectivity index (χ0n) is 11.2. The Bertz CT molecular complexity index is 832. The second-order valence-corrected chi connectivity index (χ2v) is 4.98. The summed E-state index contributed by atoms with van der Waals surface area (Å²) in [6.45, 7) is 1.86. The Kier molecular flexibility index (Phi) is 3.27. The number of phenolic OH excluding ortho intramolecular Hbond substituents is 2. The van der Waals surface area contributed by atoms with Crippen molar-refractivity contribution in [2.45, 2.75) is 6.92 Å². The number of benzene rings is 2. The Hall–Kier alpha value is -2.53. The number of imidazole rings is 1. The van der Waals surface area contributed by atoms with Crippen molar-refractivity contribution in [1.82, 2.24) is 9.66 Å². The van der Waals surface area contributed by atoms with Crippen LogP contribution in [0, 0.1) is 6.92 Å². The van der Waals surface area contributed by atoms with Crippen molar-refractivity contribution in [3.8, 4) is 11.5 Å². The summed E-state index contributed by atoms with van der Waals surface area (Å²) in [5.74, 6) is 0.135. The molecule has 0 fully saturated rings. The van der Waals surface area contributed by atoms with Gasteiger partial charge in [-0.2, -0.15) is 5.10 Å². The lowest BCUT2D eigenvalue weighted by atomic mass is 10.2. The van der Waals surface area contributed by atoms with Crippen LogP contribution in [0.25, 0.3) is 11.0 Å². The summed E-state index contributed by atoms with van der Waals surface area (Å²) in [5, 5.41) is 23.4. The van der Waals surface area contributed by atoms with Gasteiger partial charge in [0.1, 0.15) is 5.82 Å². The molecule has 0 saturated carbocycles. The van der Waals surface area contributed by atoms with Gasteiger partial charge in [-0.05, 0) is 36.8 Å². The molecule has 3 aromatic rings. The third-order valence-corrected chi connectivity index (χ3v) is 3.37. The molecule has 106 valence electrons. The Morgan fingerprint density at radius 2 is 2.00 bits per heavy atom. The number of hydrogen-bond acceptors (Lipinski definition) is 4. The fraction of sp³-hybridized carbons (Fsp3) is 0.0667. The fourth-order valence-corrected chi connectivity index (χ4v) is 2.31. The van der Waals surface area contributed by atoms with E-state index in [0.29, 0.717) is 5.56 Å². The van der Waals surface area contributed by atoms with E-state index in [1.807, 2.05) is 31.2 Å². The van der Waals surface area contributed by atoms with E-state index in [1.54, 1.807) is 10.9 Å². The van der Waals surface area contributed by atoms with E-state index in [9.17, 15) is 10.2 Å². The Morgan fingerprint density at radius 3 is 2.76 bits per heavy atom. The van der Waals surface area contributed by atoms with Gasteiger partial charge in [-0.25, -0.2) is 9.66 Å². The number of halogens is 1. The Balaban J connectivity index is 2.04. The minimum Gasteiger partial charge on any atom is -0.504 e. The quantitative estimate of drug-likeness (QED) is 0.563. The standard InChI is InChI=1S/C15H12ClN3O2/c1-9-18-12-4-2-3-5-13(12)19(9)17-8-10-6-11(16)15(21)14(20)7-10/h2-8,20-21H,1H3/b17-8+. The van der Waals surface area contributed by atoms with Gasteiger partial charge >= 0.3 is 0 Å². The maximum absolute atomic E-state index is 9.55. The van der Waals surface area contributed by atoms with Crippen LogP contribution in [-0.4, -0.2) is 26.1 Å². The summed E-state index contributed by atoms with van der Waals surface area (Å²) in [5.41, 5.74) is 2.33. The topological polar surface area (TPSA) is 70.6 Å². The number of para-hydroxylation sites is 2. The van der Waals surface area contributed by atoms with Crippen molar-refractivity contribution in [2.24, 2.45) is 5.10 Å². The van der Waals surface area contributed by atoms with Crippen LogP contribution in [0.2, 0.25) is 5.02 Å². The highest BCUT2D eigenvalue weighted by Gasteiger charge is 2.07. The van der Waals surface area contributed by atoms with E-state index in [-0.39, 0.29) is 16.5 Å². The lowest BCUT2D eigenvalue weighted by Crippen LogP contribution is -1.93. The molecule has 1 heterocycles. The average molecular weight is 302 g/mol. The molecule has 2 N–H and O–H groups in total. The van der Waals surface area contributed by atoms with Crippen LogP contribution in [0.5, 0.6) is 11.5 Å². The first-order chi connectivity index (χ1) is 10.1. The Morgan fingerprint density at radius 1 is 1.24 bits per heavy atom. The average Bonchev–Trinajstić information content (AvgIpc) is 2.78. The van der Waals surface area contributed by atoms with Crippen LogP contribution in [0.3, 0.4) is 0 Å². The van der Waals surface area contributed by atoms with Gasteiger partial charge < -0.3 is 10.2 Å². The lowest BCUT2D eigenvalue weighted by Gasteiger charge is -2.02. The third kappa shape index (κ3) is 2.43. The summed E-state index contributed by atoms with van der Waals surface area (Å²) >= 11 is 5.82. The van der Waals surface area contributed by atoms with Crippen molar-refractivity contribution in [3.05, 3.63) is 52.8 Å². The monoisotopic (exact) mass is 301 g/mol. The van der Waals surface area contributed by atoms with Crippen LogP contribution in [0.4, 0.5) is 0 Å². The van der Waals surface area contributed by atoms with Gasteiger partial charge in [-0.1, -0.05) is 23.7 Å². The second kappa shape index (κ2) is 5.10. The van der Waals surface area contributed by atoms with Gasteiger partial charge in [0.15, 0.2) is 11.5 Å². The first kappa shape index (κ1) is 13.5. The first-order valence-electron chi connectivity index (χ1n) is 6.26. The normalized spacial score (nSPS) is 11.5. The van der Waals surface area contributed by atoms with Gasteiger partial charge in [-0.3, -0.25) is 0 Å². The number of aryl methyl sites for hydroxylation is 1. The van der Waals surface area contributed by atoms with E-state index < -0.39 is 0 Å². The van der Waals surface area contributed by atoms with Gasteiger partial charge in [-0.15, -0.1) is 0 Å². The maximum atomic E-state index is 9.55. The molecular weight excluding hydrogens is 290 g/mol. The molecule has 1 aromatic heterocycles. The highest BCUT2D eigenvalue weighted by Crippen LogP contribution is 2.33. The molecule has 0 aliphatic rings. The van der Waals surface area contributed by atoms with Crippen LogP contribution < -0.4 is 0 Å². The minimum absolute atomic E-state index is 0.0728. The molecule has 21 heavy (non-hydrogen) atoms. The highest BCUT2D eigenvalue weighted by molar-refractivity contribution is 6.32. The molecule has 0 bridgehead atoms. The van der Waals surface area contributed by atoms with Gasteiger partial charge in [0, 0.05) is 0 Å². The molecule has 0 unspecified atom stereocenters. The fourth-order valence-electron chi connectivity index (χ4n) is 2.08. The molecule has 5 nitrogen and oxygen atoms in total. The summed E-state index contributed by atoms with van der Waals surface area (Å²) in [4.78, 5) is 4.41. The lowest BCUT2D eigenvalue weighted by molar-refractivity contribution is 0.404. The van der Waals surface area contributed by atoms with Crippen molar-refractivity contribution in [1.29, 1.82) is 0 Å². The molecule has 2 aromatic carbocycles. The second-order valence-electron chi connectivity index (χ2n) is 4.57. The van der Waals surface area contributed by atoms with E-state index >= 15 is 0 Å². The molecule has 6 heteroatoms.